The second-order valence-electron chi connectivity index (χ2n) is 5.54. The van der Waals surface area contributed by atoms with Crippen LogP contribution in [0.15, 0.2) is 47.6 Å². The Bertz CT molecular complexity index is 889. The summed E-state index contributed by atoms with van der Waals surface area (Å²) < 4.78 is 11.0. The fourth-order valence-corrected chi connectivity index (χ4v) is 2.71. The van der Waals surface area contributed by atoms with Crippen LogP contribution < -0.4 is 20.2 Å². The molecule has 0 saturated carbocycles. The van der Waals surface area contributed by atoms with Gasteiger partial charge in [-0.15, -0.1) is 0 Å². The first-order valence-corrected chi connectivity index (χ1v) is 8.71. The fourth-order valence-electron chi connectivity index (χ4n) is 2.25. The third kappa shape index (κ3) is 5.12. The topological polar surface area (TPSA) is 89.0 Å². The highest BCUT2D eigenvalue weighted by Gasteiger charge is 2.27. The first-order valence-electron chi connectivity index (χ1n) is 7.96. The number of ether oxygens (including phenoxy) is 2. The van der Waals surface area contributed by atoms with Crippen molar-refractivity contribution in [3.8, 4) is 11.5 Å². The van der Waals surface area contributed by atoms with Gasteiger partial charge in [-0.1, -0.05) is 41.4 Å². The molecule has 0 aliphatic carbocycles. The second kappa shape index (κ2) is 8.75. The number of hydrogen-bond acceptors (Lipinski definition) is 5. The van der Waals surface area contributed by atoms with Crippen molar-refractivity contribution in [1.29, 1.82) is 0 Å². The molecule has 3 rings (SSSR count). The molecule has 1 atom stereocenters. The number of fused-ring (bicyclic) bond motifs is 1. The number of carbonyl (C=O) groups excluding carboxylic acids is 2. The van der Waals surface area contributed by atoms with Gasteiger partial charge < -0.3 is 14.8 Å². The van der Waals surface area contributed by atoms with Gasteiger partial charge in [0, 0.05) is 10.6 Å². The molecular weight excluding hydrogens is 393 g/mol. The third-order valence-corrected chi connectivity index (χ3v) is 4.14. The van der Waals surface area contributed by atoms with Gasteiger partial charge in [-0.25, -0.2) is 5.43 Å². The van der Waals surface area contributed by atoms with Crippen molar-refractivity contribution in [2.24, 2.45) is 5.10 Å². The maximum atomic E-state index is 12.1. The van der Waals surface area contributed by atoms with Crippen LogP contribution >= 0.6 is 23.2 Å². The van der Waals surface area contributed by atoms with Crippen LogP contribution in [-0.2, 0) is 9.59 Å². The number of rotatable bonds is 5. The first-order chi connectivity index (χ1) is 13.0. The van der Waals surface area contributed by atoms with Gasteiger partial charge in [0.2, 0.25) is 6.10 Å². The highest BCUT2D eigenvalue weighted by molar-refractivity contribution is 6.36. The first kappa shape index (κ1) is 19.0. The van der Waals surface area contributed by atoms with Crippen molar-refractivity contribution in [3.63, 3.8) is 0 Å². The molecule has 0 unspecified atom stereocenters. The van der Waals surface area contributed by atoms with E-state index in [1.54, 1.807) is 36.4 Å². The molecule has 0 saturated heterocycles. The average molecular weight is 408 g/mol. The molecule has 2 N–H and O–H groups in total. The Morgan fingerprint density at radius 3 is 2.74 bits per heavy atom. The van der Waals surface area contributed by atoms with Crippen molar-refractivity contribution in [1.82, 2.24) is 10.7 Å². The summed E-state index contributed by atoms with van der Waals surface area (Å²) in [7, 11) is 0. The van der Waals surface area contributed by atoms with Crippen LogP contribution in [0.25, 0.3) is 0 Å². The van der Waals surface area contributed by atoms with Crippen molar-refractivity contribution in [2.75, 3.05) is 13.2 Å². The Labute approximate surface area is 165 Å². The van der Waals surface area contributed by atoms with E-state index in [-0.39, 0.29) is 13.2 Å². The molecule has 7 nitrogen and oxygen atoms in total. The van der Waals surface area contributed by atoms with Crippen LogP contribution in [0.3, 0.4) is 0 Å². The molecule has 0 radical (unpaired) electrons. The van der Waals surface area contributed by atoms with Crippen LogP contribution in [-0.4, -0.2) is 37.3 Å². The minimum absolute atomic E-state index is 0.0671. The smallest absolute Gasteiger partial charge is 0.265 e. The van der Waals surface area contributed by atoms with Gasteiger partial charge in [-0.3, -0.25) is 9.59 Å². The average Bonchev–Trinajstić information content (AvgIpc) is 2.67. The summed E-state index contributed by atoms with van der Waals surface area (Å²) in [5.41, 5.74) is 2.89. The number of amides is 2. The monoisotopic (exact) mass is 407 g/mol. The minimum atomic E-state index is -0.830. The van der Waals surface area contributed by atoms with E-state index in [9.17, 15) is 9.59 Å². The molecule has 1 aliphatic rings. The number of para-hydroxylation sites is 2. The Balaban J connectivity index is 1.45. The largest absolute Gasteiger partial charge is 0.485 e. The Morgan fingerprint density at radius 1 is 1.19 bits per heavy atom. The lowest BCUT2D eigenvalue weighted by Crippen LogP contribution is -2.46. The molecule has 2 amide bonds. The predicted molar refractivity (Wildman–Crippen MR) is 102 cm³/mol. The van der Waals surface area contributed by atoms with Crippen LogP contribution in [0, 0.1) is 0 Å². The number of benzene rings is 2. The normalized spacial score (nSPS) is 15.4. The van der Waals surface area contributed by atoms with Crippen molar-refractivity contribution >= 4 is 41.2 Å². The van der Waals surface area contributed by atoms with Gasteiger partial charge >= 0.3 is 0 Å². The SMILES string of the molecule is O=C(CNC(=O)[C@@H]1COc2ccccc2O1)NN=Cc1ccc(Cl)cc1Cl. The summed E-state index contributed by atoms with van der Waals surface area (Å²) in [4.78, 5) is 23.9. The number of hydrogen-bond donors (Lipinski definition) is 2. The van der Waals surface area contributed by atoms with E-state index >= 15 is 0 Å². The lowest BCUT2D eigenvalue weighted by atomic mass is 10.2. The summed E-state index contributed by atoms with van der Waals surface area (Å²) in [5, 5.41) is 7.18. The van der Waals surface area contributed by atoms with E-state index in [1.165, 1.54) is 6.21 Å². The zero-order valence-corrected chi connectivity index (χ0v) is 15.5. The van der Waals surface area contributed by atoms with Crippen LogP contribution in [0.4, 0.5) is 0 Å². The van der Waals surface area contributed by atoms with E-state index in [2.05, 4.69) is 15.8 Å². The van der Waals surface area contributed by atoms with E-state index in [1.807, 2.05) is 6.07 Å². The summed E-state index contributed by atoms with van der Waals surface area (Å²) in [6, 6.07) is 11.9. The van der Waals surface area contributed by atoms with Crippen molar-refractivity contribution in [2.45, 2.75) is 6.10 Å². The molecule has 2 aromatic rings. The zero-order valence-electron chi connectivity index (χ0n) is 13.9. The summed E-state index contributed by atoms with van der Waals surface area (Å²) in [6.45, 7) is -0.191. The van der Waals surface area contributed by atoms with Crippen LogP contribution in [0.1, 0.15) is 5.56 Å². The molecule has 1 heterocycles. The van der Waals surface area contributed by atoms with E-state index in [0.717, 1.165) is 0 Å². The van der Waals surface area contributed by atoms with Gasteiger partial charge in [0.25, 0.3) is 11.8 Å². The van der Waals surface area contributed by atoms with Gasteiger partial charge in [-0.2, -0.15) is 5.10 Å². The predicted octanol–water partition coefficient (Wildman–Crippen LogP) is 2.40. The van der Waals surface area contributed by atoms with Gasteiger partial charge in [-0.05, 0) is 24.3 Å². The Kier molecular flexibility index (Phi) is 6.16. The lowest BCUT2D eigenvalue weighted by Gasteiger charge is -2.25. The number of hydrazone groups is 1. The summed E-state index contributed by atoms with van der Waals surface area (Å²) in [5.74, 6) is 0.110. The van der Waals surface area contributed by atoms with E-state index < -0.39 is 17.9 Å². The molecule has 0 spiro atoms. The van der Waals surface area contributed by atoms with Gasteiger partial charge in [0.15, 0.2) is 11.5 Å². The van der Waals surface area contributed by atoms with Crippen LogP contribution in [0.2, 0.25) is 10.0 Å². The number of nitrogens with one attached hydrogen (secondary N) is 2. The number of carbonyl (C=O) groups is 2. The van der Waals surface area contributed by atoms with Gasteiger partial charge in [0.05, 0.1) is 17.8 Å². The highest BCUT2D eigenvalue weighted by Crippen LogP contribution is 2.30. The van der Waals surface area contributed by atoms with Gasteiger partial charge in [0.1, 0.15) is 6.61 Å². The highest BCUT2D eigenvalue weighted by atomic mass is 35.5. The molecule has 9 heteroatoms. The molecule has 0 fully saturated rings. The maximum Gasteiger partial charge on any atom is 0.265 e. The molecule has 140 valence electrons. The van der Waals surface area contributed by atoms with E-state index in [0.29, 0.717) is 27.1 Å². The third-order valence-electron chi connectivity index (χ3n) is 3.58. The lowest BCUT2D eigenvalue weighted by molar-refractivity contribution is -0.132. The maximum absolute atomic E-state index is 12.1. The molecule has 27 heavy (non-hydrogen) atoms. The van der Waals surface area contributed by atoms with Crippen molar-refractivity contribution < 1.29 is 19.1 Å². The molecule has 0 bridgehead atoms. The van der Waals surface area contributed by atoms with E-state index in [4.69, 9.17) is 32.7 Å². The summed E-state index contributed by atoms with van der Waals surface area (Å²) in [6.07, 6.45) is 0.553. The standard InChI is InChI=1S/C18H15Cl2N3O4/c19-12-6-5-11(13(20)7-12)8-22-23-17(24)9-21-18(25)16-10-26-14-3-1-2-4-15(14)27-16/h1-8,16H,9-10H2,(H,21,25)(H,23,24)/t16-/m0/s1. The molecule has 0 aromatic heterocycles. The molecular formula is C18H15Cl2N3O4. The van der Waals surface area contributed by atoms with Crippen LogP contribution in [0.5, 0.6) is 11.5 Å². The quantitative estimate of drug-likeness (QED) is 0.588. The zero-order chi connectivity index (χ0) is 19.2. The summed E-state index contributed by atoms with van der Waals surface area (Å²) >= 11 is 11.8. The fraction of sp³-hybridized carbons (Fsp3) is 0.167. The molecule has 2 aromatic carbocycles. The number of nitrogens with zero attached hydrogens (tertiary/aromatic N) is 1. The molecule has 1 aliphatic heterocycles. The minimum Gasteiger partial charge on any atom is -0.485 e. The second-order valence-corrected chi connectivity index (χ2v) is 6.38. The Morgan fingerprint density at radius 2 is 1.96 bits per heavy atom. The Hall–Kier alpha value is -2.77. The number of halogens is 2. The van der Waals surface area contributed by atoms with Crippen molar-refractivity contribution in [3.05, 3.63) is 58.1 Å².